The third-order valence-electron chi connectivity index (χ3n) is 5.69. The molecule has 0 saturated carbocycles. The van der Waals surface area contributed by atoms with Crippen LogP contribution in [0.15, 0.2) is 24.3 Å². The number of piperazine rings is 1. The zero-order valence-electron chi connectivity index (χ0n) is 16.0. The third kappa shape index (κ3) is 4.76. The van der Waals surface area contributed by atoms with Crippen molar-refractivity contribution in [2.45, 2.75) is 18.7 Å². The first kappa shape index (κ1) is 22.6. The largest absolute Gasteiger partial charge is 0.390 e. The van der Waals surface area contributed by atoms with E-state index in [0.29, 0.717) is 15.8 Å². The van der Waals surface area contributed by atoms with Crippen molar-refractivity contribution in [3.8, 4) is 0 Å². The molecule has 162 valence electrons. The first-order chi connectivity index (χ1) is 14.3. The Morgan fingerprint density at radius 1 is 1.00 bits per heavy atom. The molecule has 30 heavy (non-hydrogen) atoms. The van der Waals surface area contributed by atoms with Gasteiger partial charge in [-0.3, -0.25) is 14.6 Å². The number of amides is 1. The molecule has 3 heterocycles. The number of thiophene rings is 1. The van der Waals surface area contributed by atoms with Crippen LogP contribution >= 0.6 is 57.7 Å². The van der Waals surface area contributed by atoms with Gasteiger partial charge < -0.3 is 10.0 Å². The highest BCUT2D eigenvalue weighted by atomic mass is 35.5. The molecule has 5 nitrogen and oxygen atoms in total. The van der Waals surface area contributed by atoms with Gasteiger partial charge in [-0.1, -0.05) is 58.5 Å². The van der Waals surface area contributed by atoms with Crippen molar-refractivity contribution in [1.82, 2.24) is 14.7 Å². The lowest BCUT2D eigenvalue weighted by Crippen LogP contribution is -2.53. The minimum atomic E-state index is -0.596. The lowest BCUT2D eigenvalue weighted by atomic mass is 10.1. The number of rotatable bonds is 4. The number of aliphatic hydroxyl groups is 1. The summed E-state index contributed by atoms with van der Waals surface area (Å²) in [6.07, 6.45) is -0.596. The summed E-state index contributed by atoms with van der Waals surface area (Å²) in [6, 6.07) is 7.83. The molecule has 0 bridgehead atoms. The van der Waals surface area contributed by atoms with Gasteiger partial charge in [-0.25, -0.2) is 0 Å². The van der Waals surface area contributed by atoms with Crippen molar-refractivity contribution in [1.29, 1.82) is 0 Å². The molecule has 2 aliphatic rings. The lowest BCUT2D eigenvalue weighted by Gasteiger charge is -2.38. The predicted molar refractivity (Wildman–Crippen MR) is 123 cm³/mol. The van der Waals surface area contributed by atoms with Gasteiger partial charge >= 0.3 is 0 Å². The van der Waals surface area contributed by atoms with Gasteiger partial charge in [0.2, 0.25) is 0 Å². The van der Waals surface area contributed by atoms with Crippen molar-refractivity contribution in [3.05, 3.63) is 54.1 Å². The number of carbonyl (C=O) groups excluding carboxylic acids is 1. The quantitative estimate of drug-likeness (QED) is 0.666. The van der Waals surface area contributed by atoms with Crippen molar-refractivity contribution in [3.63, 3.8) is 0 Å². The van der Waals surface area contributed by atoms with Gasteiger partial charge in [-0.05, 0) is 17.7 Å². The van der Waals surface area contributed by atoms with Crippen LogP contribution in [0.4, 0.5) is 0 Å². The molecule has 1 amide bonds. The van der Waals surface area contributed by atoms with Crippen molar-refractivity contribution in [2.24, 2.45) is 0 Å². The van der Waals surface area contributed by atoms with Gasteiger partial charge in [-0.2, -0.15) is 0 Å². The Morgan fingerprint density at radius 3 is 2.27 bits per heavy atom. The molecule has 1 aromatic heterocycles. The second kappa shape index (κ2) is 9.51. The van der Waals surface area contributed by atoms with Gasteiger partial charge in [0.25, 0.3) is 5.91 Å². The molecular weight excluding hydrogens is 488 g/mol. The Kier molecular flexibility index (Phi) is 7.17. The number of halogens is 4. The minimum absolute atomic E-state index is 0.0867. The molecule has 0 unspecified atom stereocenters. The standard InChI is InChI=1S/C20H21Cl4N3O2S/c21-13-3-1-12(2-4-13)9-25-5-7-26(8-6-25)14-10-27(11-15(14)28)20(29)18-16(22)17(23)19(24)30-18/h1-4,14-15,28H,5-11H2/t14-,15-/m0/s1. The zero-order chi connectivity index (χ0) is 21.4. The van der Waals surface area contributed by atoms with E-state index in [1.807, 2.05) is 24.3 Å². The molecule has 0 spiro atoms. The van der Waals surface area contributed by atoms with Crippen molar-refractivity contribution in [2.75, 3.05) is 39.3 Å². The Labute approximate surface area is 199 Å². The molecule has 1 N–H and O–H groups in total. The number of hydrogen-bond acceptors (Lipinski definition) is 5. The van der Waals surface area contributed by atoms with E-state index in [2.05, 4.69) is 9.80 Å². The predicted octanol–water partition coefficient (Wildman–Crippen LogP) is 4.36. The highest BCUT2D eigenvalue weighted by Gasteiger charge is 2.40. The minimum Gasteiger partial charge on any atom is -0.390 e. The smallest absolute Gasteiger partial charge is 0.265 e. The van der Waals surface area contributed by atoms with Gasteiger partial charge in [-0.15, -0.1) is 11.3 Å². The molecule has 0 aliphatic carbocycles. The van der Waals surface area contributed by atoms with Crippen LogP contribution in [0.25, 0.3) is 0 Å². The summed E-state index contributed by atoms with van der Waals surface area (Å²) in [5.41, 5.74) is 1.23. The number of aliphatic hydroxyl groups excluding tert-OH is 1. The van der Waals surface area contributed by atoms with Crippen LogP contribution in [0.2, 0.25) is 19.4 Å². The van der Waals surface area contributed by atoms with Gasteiger partial charge in [0.05, 0.1) is 22.2 Å². The van der Waals surface area contributed by atoms with E-state index in [0.717, 1.165) is 49.1 Å². The maximum absolute atomic E-state index is 12.9. The van der Waals surface area contributed by atoms with E-state index in [1.165, 1.54) is 5.56 Å². The summed E-state index contributed by atoms with van der Waals surface area (Å²) in [6.45, 7) is 5.10. The van der Waals surface area contributed by atoms with Crippen LogP contribution in [-0.4, -0.2) is 77.1 Å². The fraction of sp³-hybridized carbons (Fsp3) is 0.450. The number of benzene rings is 1. The molecule has 2 aliphatic heterocycles. The topological polar surface area (TPSA) is 47.0 Å². The normalized spacial score (nSPS) is 23.3. The van der Waals surface area contributed by atoms with E-state index < -0.39 is 6.10 Å². The number of hydrogen-bond donors (Lipinski definition) is 1. The van der Waals surface area contributed by atoms with Crippen LogP contribution in [0.3, 0.4) is 0 Å². The van der Waals surface area contributed by atoms with E-state index in [-0.39, 0.29) is 28.5 Å². The molecule has 1 aromatic carbocycles. The molecule has 4 rings (SSSR count). The summed E-state index contributed by atoms with van der Waals surface area (Å²) in [7, 11) is 0. The molecule has 2 atom stereocenters. The SMILES string of the molecule is O=C(c1sc(Cl)c(Cl)c1Cl)N1C[C@H](O)[C@@H](N2CCN(Cc3ccc(Cl)cc3)CC2)C1. The van der Waals surface area contributed by atoms with Gasteiger partial charge in [0.1, 0.15) is 9.21 Å². The Bertz CT molecular complexity index is 916. The monoisotopic (exact) mass is 507 g/mol. The number of carbonyl (C=O) groups is 1. The first-order valence-electron chi connectivity index (χ1n) is 9.65. The molecule has 2 fully saturated rings. The third-order valence-corrected chi connectivity index (χ3v) is 8.50. The molecule has 0 radical (unpaired) electrons. The van der Waals surface area contributed by atoms with Crippen LogP contribution in [0.5, 0.6) is 0 Å². The van der Waals surface area contributed by atoms with Crippen LogP contribution in [0.1, 0.15) is 15.2 Å². The van der Waals surface area contributed by atoms with Crippen LogP contribution < -0.4 is 0 Å². The fourth-order valence-corrected chi connectivity index (χ4v) is 5.93. The number of β-amino-alcohol motifs (C(OH)–C–C–N with tert-alkyl or cyclic N) is 1. The molecule has 2 aromatic rings. The van der Waals surface area contributed by atoms with Crippen molar-refractivity contribution >= 4 is 63.6 Å². The summed E-state index contributed by atoms with van der Waals surface area (Å²) < 4.78 is 0.304. The van der Waals surface area contributed by atoms with Crippen molar-refractivity contribution < 1.29 is 9.90 Å². The number of likely N-dealkylation sites (tertiary alicyclic amines) is 1. The first-order valence-corrected chi connectivity index (χ1v) is 12.0. The van der Waals surface area contributed by atoms with E-state index >= 15 is 0 Å². The summed E-state index contributed by atoms with van der Waals surface area (Å²) in [4.78, 5) is 19.5. The average Bonchev–Trinajstić information content (AvgIpc) is 3.25. The van der Waals surface area contributed by atoms with Gasteiger partial charge in [0.15, 0.2) is 0 Å². The summed E-state index contributed by atoms with van der Waals surface area (Å²) in [5.74, 6) is -0.235. The highest BCUT2D eigenvalue weighted by Crippen LogP contribution is 2.41. The molecule has 2 saturated heterocycles. The fourth-order valence-electron chi connectivity index (χ4n) is 4.04. The molecule has 10 heteroatoms. The summed E-state index contributed by atoms with van der Waals surface area (Å²) in [5, 5.41) is 11.8. The number of nitrogens with zero attached hydrogens (tertiary/aromatic N) is 3. The van der Waals surface area contributed by atoms with Crippen LogP contribution in [-0.2, 0) is 6.54 Å². The summed E-state index contributed by atoms with van der Waals surface area (Å²) >= 11 is 25.2. The second-order valence-electron chi connectivity index (χ2n) is 7.62. The zero-order valence-corrected chi connectivity index (χ0v) is 19.9. The Hall–Kier alpha value is -0.570. The molecular formula is C20H21Cl4N3O2S. The Morgan fingerprint density at radius 2 is 1.67 bits per heavy atom. The van der Waals surface area contributed by atoms with E-state index in [9.17, 15) is 9.90 Å². The maximum Gasteiger partial charge on any atom is 0.265 e. The van der Waals surface area contributed by atoms with E-state index in [1.54, 1.807) is 4.90 Å². The van der Waals surface area contributed by atoms with Gasteiger partial charge in [0, 0.05) is 50.8 Å². The average molecular weight is 509 g/mol. The maximum atomic E-state index is 12.9. The Balaban J connectivity index is 1.33. The second-order valence-corrected chi connectivity index (χ2v) is 10.4. The van der Waals surface area contributed by atoms with E-state index in [4.69, 9.17) is 46.4 Å². The van der Waals surface area contributed by atoms with Crippen LogP contribution in [0, 0.1) is 0 Å². The highest BCUT2D eigenvalue weighted by molar-refractivity contribution is 7.19. The lowest BCUT2D eigenvalue weighted by molar-refractivity contribution is 0.0423.